The third-order valence-corrected chi connectivity index (χ3v) is 4.81. The maximum absolute atomic E-state index is 12.6. The molecule has 0 fully saturated rings. The lowest BCUT2D eigenvalue weighted by Gasteiger charge is -2.26. The monoisotopic (exact) mass is 366 g/mol. The lowest BCUT2D eigenvalue weighted by Crippen LogP contribution is -2.32. The number of rotatable bonds is 6. The van der Waals surface area contributed by atoms with E-state index < -0.39 is 54.0 Å². The third-order valence-electron chi connectivity index (χ3n) is 2.18. The molecule has 1 aromatic carbocycles. The van der Waals surface area contributed by atoms with Crippen molar-refractivity contribution in [3.05, 3.63) is 35.3 Å². The van der Waals surface area contributed by atoms with Crippen LogP contribution in [0.1, 0.15) is 0 Å². The van der Waals surface area contributed by atoms with E-state index in [1.54, 1.807) is 0 Å². The van der Waals surface area contributed by atoms with Gasteiger partial charge in [0.2, 0.25) is 10.0 Å². The SMILES string of the molecule is O=S(=O)(c1ccc(F)cc1)N([O-])CCOS(=O)(=O)C(F)(F)F. The molecule has 0 heterocycles. The standard InChI is InChI=1S/C9H8F4NO6S2/c10-7-1-3-8(4-2-7)21(16,17)14(15)5-6-20-22(18,19)9(11,12)13/h1-4H,5-6H2/q-1. The smallest absolute Gasteiger partial charge is 0.523 e. The number of halogens is 4. The molecule has 0 radical (unpaired) electrons. The Morgan fingerprint density at radius 2 is 1.59 bits per heavy atom. The van der Waals surface area contributed by atoms with E-state index in [2.05, 4.69) is 4.18 Å². The molecule has 0 saturated carbocycles. The fourth-order valence-electron chi connectivity index (χ4n) is 1.13. The van der Waals surface area contributed by atoms with Crippen molar-refractivity contribution in [1.82, 2.24) is 4.47 Å². The van der Waals surface area contributed by atoms with Crippen molar-refractivity contribution in [1.29, 1.82) is 0 Å². The van der Waals surface area contributed by atoms with Crippen molar-refractivity contribution in [2.45, 2.75) is 10.4 Å². The molecule has 0 aliphatic heterocycles. The van der Waals surface area contributed by atoms with E-state index in [4.69, 9.17) is 0 Å². The van der Waals surface area contributed by atoms with Crippen LogP contribution in [0.5, 0.6) is 0 Å². The molecule has 0 atom stereocenters. The van der Waals surface area contributed by atoms with Crippen LogP contribution in [0.3, 0.4) is 0 Å². The van der Waals surface area contributed by atoms with Gasteiger partial charge in [0.05, 0.1) is 11.5 Å². The Labute approximate surface area is 122 Å². The van der Waals surface area contributed by atoms with Crippen LogP contribution in [-0.2, 0) is 24.3 Å². The van der Waals surface area contributed by atoms with Crippen LogP contribution in [0.15, 0.2) is 29.2 Å². The Kier molecular flexibility index (Phi) is 5.51. The lowest BCUT2D eigenvalue weighted by molar-refractivity contribution is -0.0542. The van der Waals surface area contributed by atoms with E-state index in [1.807, 2.05) is 0 Å². The maximum Gasteiger partial charge on any atom is 0.523 e. The second-order valence-electron chi connectivity index (χ2n) is 3.71. The summed E-state index contributed by atoms with van der Waals surface area (Å²) in [5.41, 5.74) is -5.68. The molecular formula is C9H8F4NO6S2-. The van der Waals surface area contributed by atoms with Crippen molar-refractivity contribution in [2.24, 2.45) is 0 Å². The zero-order valence-electron chi connectivity index (χ0n) is 10.4. The Bertz CT molecular complexity index is 713. The van der Waals surface area contributed by atoms with Crippen LogP contribution < -0.4 is 0 Å². The average molecular weight is 366 g/mol. The quantitative estimate of drug-likeness (QED) is 0.324. The molecule has 22 heavy (non-hydrogen) atoms. The van der Waals surface area contributed by atoms with Gasteiger partial charge in [-0.25, -0.2) is 12.8 Å². The molecule has 126 valence electrons. The van der Waals surface area contributed by atoms with E-state index >= 15 is 0 Å². The largest absolute Gasteiger partial charge is 0.772 e. The van der Waals surface area contributed by atoms with Crippen molar-refractivity contribution in [3.63, 3.8) is 0 Å². The van der Waals surface area contributed by atoms with Crippen LogP contribution in [0.4, 0.5) is 17.6 Å². The van der Waals surface area contributed by atoms with Gasteiger partial charge in [0.15, 0.2) is 0 Å². The number of hydrogen-bond donors (Lipinski definition) is 0. The van der Waals surface area contributed by atoms with E-state index in [1.165, 1.54) is 0 Å². The van der Waals surface area contributed by atoms with E-state index in [0.717, 1.165) is 24.3 Å². The molecule has 7 nitrogen and oxygen atoms in total. The van der Waals surface area contributed by atoms with E-state index in [0.29, 0.717) is 0 Å². The first-order chi connectivity index (χ1) is 9.88. The third kappa shape index (κ3) is 4.36. The Morgan fingerprint density at radius 3 is 2.05 bits per heavy atom. The van der Waals surface area contributed by atoms with Crippen LogP contribution in [0.25, 0.3) is 0 Å². The van der Waals surface area contributed by atoms with Gasteiger partial charge in [0, 0.05) is 6.54 Å². The summed E-state index contributed by atoms with van der Waals surface area (Å²) in [7, 11) is -10.6. The molecule has 0 saturated heterocycles. The van der Waals surface area contributed by atoms with Crippen molar-refractivity contribution in [3.8, 4) is 0 Å². The first-order valence-corrected chi connectivity index (χ1v) is 8.14. The topological polar surface area (TPSA) is 104 Å². The summed E-state index contributed by atoms with van der Waals surface area (Å²) >= 11 is 0. The highest BCUT2D eigenvalue weighted by Gasteiger charge is 2.47. The molecule has 0 aliphatic rings. The predicted octanol–water partition coefficient (Wildman–Crippen LogP) is 1.18. The highest BCUT2D eigenvalue weighted by molar-refractivity contribution is 7.89. The summed E-state index contributed by atoms with van der Waals surface area (Å²) in [5, 5.41) is 11.4. The Hall–Kier alpha value is -1.28. The number of hydroxylamine groups is 1. The second-order valence-corrected chi connectivity index (χ2v) is 7.14. The minimum absolute atomic E-state index is 0.609. The maximum atomic E-state index is 12.6. The summed E-state index contributed by atoms with van der Waals surface area (Å²) in [6, 6.07) is 3.04. The van der Waals surface area contributed by atoms with Gasteiger partial charge in [-0.3, -0.25) is 8.65 Å². The van der Waals surface area contributed by atoms with Crippen molar-refractivity contribution in [2.75, 3.05) is 13.2 Å². The Balaban J connectivity index is 2.73. The van der Waals surface area contributed by atoms with Gasteiger partial charge in [0.1, 0.15) is 5.82 Å². The van der Waals surface area contributed by atoms with Gasteiger partial charge in [0.25, 0.3) is 0 Å². The molecule has 0 amide bonds. The molecule has 0 N–H and O–H groups in total. The van der Waals surface area contributed by atoms with Crippen LogP contribution in [0, 0.1) is 11.0 Å². The molecule has 13 heteroatoms. The Morgan fingerprint density at radius 1 is 1.09 bits per heavy atom. The zero-order valence-corrected chi connectivity index (χ0v) is 12.1. The van der Waals surface area contributed by atoms with Gasteiger partial charge in [-0.2, -0.15) is 21.6 Å². The fraction of sp³-hybridized carbons (Fsp3) is 0.333. The van der Waals surface area contributed by atoms with Crippen LogP contribution >= 0.6 is 0 Å². The lowest BCUT2D eigenvalue weighted by atomic mass is 10.4. The number of benzene rings is 1. The van der Waals surface area contributed by atoms with Crippen LogP contribution in [-0.4, -0.2) is 40.0 Å². The highest BCUT2D eigenvalue weighted by Crippen LogP contribution is 2.24. The first-order valence-electron chi connectivity index (χ1n) is 5.29. The number of alkyl halides is 3. The van der Waals surface area contributed by atoms with Gasteiger partial charge in [-0.15, -0.1) is 0 Å². The van der Waals surface area contributed by atoms with Crippen molar-refractivity contribution < 1.29 is 38.6 Å². The number of hydrogen-bond acceptors (Lipinski definition) is 6. The first kappa shape index (κ1) is 18.8. The van der Waals surface area contributed by atoms with Gasteiger partial charge in [-0.05, 0) is 24.3 Å². The van der Waals surface area contributed by atoms with Gasteiger partial charge < -0.3 is 5.21 Å². The minimum Gasteiger partial charge on any atom is -0.772 e. The average Bonchev–Trinajstić information content (AvgIpc) is 2.37. The molecule has 1 rings (SSSR count). The summed E-state index contributed by atoms with van der Waals surface area (Å²) in [4.78, 5) is -0.609. The fourth-order valence-corrected chi connectivity index (χ4v) is 2.59. The molecule has 0 spiro atoms. The molecule has 0 aromatic heterocycles. The molecule has 0 aliphatic carbocycles. The van der Waals surface area contributed by atoms with E-state index in [-0.39, 0.29) is 0 Å². The molecule has 0 unspecified atom stereocenters. The molecular weight excluding hydrogens is 358 g/mol. The van der Waals surface area contributed by atoms with E-state index in [9.17, 15) is 39.6 Å². The number of nitrogens with zero attached hydrogens (tertiary/aromatic N) is 1. The predicted molar refractivity (Wildman–Crippen MR) is 64.6 cm³/mol. The summed E-state index contributed by atoms with van der Waals surface area (Å²) in [6.45, 7) is -2.53. The highest BCUT2D eigenvalue weighted by atomic mass is 32.2. The van der Waals surface area contributed by atoms with Gasteiger partial charge >= 0.3 is 15.6 Å². The summed E-state index contributed by atoms with van der Waals surface area (Å²) in [5.74, 6) is -0.768. The second kappa shape index (κ2) is 6.45. The van der Waals surface area contributed by atoms with Crippen LogP contribution in [0.2, 0.25) is 0 Å². The normalized spacial score (nSPS) is 13.5. The summed E-state index contributed by atoms with van der Waals surface area (Å²) in [6.07, 6.45) is 0. The molecule has 1 aromatic rings. The summed E-state index contributed by atoms with van der Waals surface area (Å²) < 4.78 is 95.7. The minimum atomic E-state index is -5.92. The van der Waals surface area contributed by atoms with Crippen molar-refractivity contribution >= 4 is 20.1 Å². The van der Waals surface area contributed by atoms with Gasteiger partial charge in [-0.1, -0.05) is 0 Å². The number of sulfonamides is 1. The molecule has 0 bridgehead atoms. The zero-order chi connectivity index (χ0) is 17.2.